The van der Waals surface area contributed by atoms with E-state index in [9.17, 15) is 13.2 Å². The van der Waals surface area contributed by atoms with E-state index in [4.69, 9.17) is 4.74 Å². The molecule has 0 bridgehead atoms. The highest BCUT2D eigenvalue weighted by atomic mass is 32.2. The molecule has 0 saturated carbocycles. The Balaban J connectivity index is 1.55. The second-order valence-corrected chi connectivity index (χ2v) is 10.8. The summed E-state index contributed by atoms with van der Waals surface area (Å²) in [5.74, 6) is 0.481. The quantitative estimate of drug-likeness (QED) is 0.439. The lowest BCUT2D eigenvalue weighted by molar-refractivity contribution is 0.0936. The molecule has 0 aliphatic carbocycles. The molecule has 190 valence electrons. The molecule has 3 aromatic rings. The lowest BCUT2D eigenvalue weighted by Gasteiger charge is -2.29. The second-order valence-electron chi connectivity index (χ2n) is 9.16. The molecule has 0 radical (unpaired) electrons. The van der Waals surface area contributed by atoms with Crippen LogP contribution in [0.25, 0.3) is 0 Å². The predicted octanol–water partition coefficient (Wildman–Crippen LogP) is 4.68. The van der Waals surface area contributed by atoms with Crippen molar-refractivity contribution in [3.8, 4) is 5.75 Å². The topological polar surface area (TPSA) is 87.7 Å². The highest BCUT2D eigenvalue weighted by molar-refractivity contribution is 7.92. The first kappa shape index (κ1) is 25.7. The number of para-hydroxylation sites is 1. The fraction of sp³-hybridized carbons (Fsp3) is 0.321. The maximum Gasteiger partial charge on any atom is 0.261 e. The fourth-order valence-electron chi connectivity index (χ4n) is 4.65. The summed E-state index contributed by atoms with van der Waals surface area (Å²) >= 11 is 0. The SMILES string of the molecule is COc1ccccc1C(CNC(=O)c1cc(S(=O)(=O)Nc2cccc(C)c2)ccc1C)N1CCCC1. The molecule has 1 heterocycles. The average Bonchev–Trinajstić information content (AvgIpc) is 3.39. The number of aryl methyl sites for hydroxylation is 2. The van der Waals surface area contributed by atoms with Crippen molar-refractivity contribution < 1.29 is 17.9 Å². The number of nitrogens with one attached hydrogen (secondary N) is 2. The number of methoxy groups -OCH3 is 1. The van der Waals surface area contributed by atoms with Crippen LogP contribution in [0.15, 0.2) is 71.6 Å². The van der Waals surface area contributed by atoms with Gasteiger partial charge < -0.3 is 10.1 Å². The number of nitrogens with zero attached hydrogens (tertiary/aromatic N) is 1. The zero-order chi connectivity index (χ0) is 25.7. The molecule has 1 atom stereocenters. The number of carbonyl (C=O) groups excluding carboxylic acids is 1. The minimum absolute atomic E-state index is 0.0391. The minimum atomic E-state index is -3.85. The Hall–Kier alpha value is -3.36. The first-order chi connectivity index (χ1) is 17.3. The number of hydrogen-bond donors (Lipinski definition) is 2. The highest BCUT2D eigenvalue weighted by Gasteiger charge is 2.27. The van der Waals surface area contributed by atoms with E-state index in [0.717, 1.165) is 42.8 Å². The maximum atomic E-state index is 13.3. The van der Waals surface area contributed by atoms with Crippen LogP contribution in [0.4, 0.5) is 5.69 Å². The Morgan fingerprint density at radius 2 is 1.75 bits per heavy atom. The van der Waals surface area contributed by atoms with Crippen LogP contribution in [-0.2, 0) is 10.0 Å². The van der Waals surface area contributed by atoms with Crippen molar-refractivity contribution in [1.82, 2.24) is 10.2 Å². The zero-order valence-corrected chi connectivity index (χ0v) is 21.8. The second kappa shape index (κ2) is 11.1. The molecule has 2 N–H and O–H groups in total. The van der Waals surface area contributed by atoms with Gasteiger partial charge in [-0.2, -0.15) is 0 Å². The van der Waals surface area contributed by atoms with Gasteiger partial charge in [0.2, 0.25) is 0 Å². The molecule has 8 heteroatoms. The van der Waals surface area contributed by atoms with E-state index in [-0.39, 0.29) is 16.8 Å². The Bertz CT molecular complexity index is 1330. The highest BCUT2D eigenvalue weighted by Crippen LogP contribution is 2.31. The van der Waals surface area contributed by atoms with E-state index in [2.05, 4.69) is 14.9 Å². The summed E-state index contributed by atoms with van der Waals surface area (Å²) in [6.45, 7) is 5.99. The molecule has 3 aromatic carbocycles. The summed E-state index contributed by atoms with van der Waals surface area (Å²) in [7, 11) is -2.20. The van der Waals surface area contributed by atoms with E-state index in [0.29, 0.717) is 23.4 Å². The average molecular weight is 508 g/mol. The Morgan fingerprint density at radius 3 is 2.47 bits per heavy atom. The Labute approximate surface area is 213 Å². The van der Waals surface area contributed by atoms with Crippen LogP contribution in [-0.4, -0.2) is 46.0 Å². The molecule has 0 aromatic heterocycles. The number of rotatable bonds is 9. The molecular weight excluding hydrogens is 474 g/mol. The van der Waals surface area contributed by atoms with E-state index >= 15 is 0 Å². The van der Waals surface area contributed by atoms with Crippen molar-refractivity contribution in [3.05, 3.63) is 89.0 Å². The lowest BCUT2D eigenvalue weighted by Crippen LogP contribution is -2.37. The molecule has 36 heavy (non-hydrogen) atoms. The summed E-state index contributed by atoms with van der Waals surface area (Å²) in [5.41, 5.74) is 3.49. The van der Waals surface area contributed by atoms with Gasteiger partial charge in [-0.05, 0) is 81.2 Å². The Morgan fingerprint density at radius 1 is 1.00 bits per heavy atom. The molecule has 1 fully saturated rings. The third kappa shape index (κ3) is 5.88. The standard InChI is InChI=1S/C28H33N3O4S/c1-20-9-8-10-22(17-20)30-36(33,34)23-14-13-21(2)25(18-23)28(32)29-19-26(31-15-6-7-16-31)24-11-4-5-12-27(24)35-3/h4-5,8-14,17-18,26,30H,6-7,15-16,19H2,1-3H3,(H,29,32). The van der Waals surface area contributed by atoms with Gasteiger partial charge in [0.25, 0.3) is 15.9 Å². The third-order valence-corrected chi connectivity index (χ3v) is 7.95. The summed E-state index contributed by atoms with van der Waals surface area (Å²) in [6, 6.07) is 19.6. The number of sulfonamides is 1. The third-order valence-electron chi connectivity index (χ3n) is 6.57. The number of benzene rings is 3. The molecule has 1 aliphatic rings. The van der Waals surface area contributed by atoms with Crippen LogP contribution < -0.4 is 14.8 Å². The van der Waals surface area contributed by atoms with Gasteiger partial charge in [0.15, 0.2) is 0 Å². The number of carbonyl (C=O) groups is 1. The predicted molar refractivity (Wildman–Crippen MR) is 142 cm³/mol. The van der Waals surface area contributed by atoms with Gasteiger partial charge in [-0.25, -0.2) is 8.42 Å². The van der Waals surface area contributed by atoms with Gasteiger partial charge in [-0.1, -0.05) is 36.4 Å². The maximum absolute atomic E-state index is 13.3. The number of likely N-dealkylation sites (tertiary alicyclic amines) is 1. The van der Waals surface area contributed by atoms with Crippen LogP contribution in [0, 0.1) is 13.8 Å². The van der Waals surface area contributed by atoms with Gasteiger partial charge in [-0.3, -0.25) is 14.4 Å². The number of anilines is 1. The molecule has 1 saturated heterocycles. The van der Waals surface area contributed by atoms with Gasteiger partial charge in [0, 0.05) is 23.4 Å². The summed E-state index contributed by atoms with van der Waals surface area (Å²) in [4.78, 5) is 15.7. The van der Waals surface area contributed by atoms with Crippen molar-refractivity contribution in [1.29, 1.82) is 0 Å². The number of hydrogen-bond acceptors (Lipinski definition) is 5. The van der Waals surface area contributed by atoms with Gasteiger partial charge in [0.1, 0.15) is 5.75 Å². The molecule has 1 unspecified atom stereocenters. The van der Waals surface area contributed by atoms with Gasteiger partial charge >= 0.3 is 0 Å². The molecule has 1 aliphatic heterocycles. The molecule has 0 spiro atoms. The van der Waals surface area contributed by atoms with Crippen LogP contribution in [0.3, 0.4) is 0 Å². The van der Waals surface area contributed by atoms with Crippen molar-refractivity contribution in [2.75, 3.05) is 31.5 Å². The van der Waals surface area contributed by atoms with E-state index in [1.807, 2.05) is 37.3 Å². The molecular formula is C28H33N3O4S. The minimum Gasteiger partial charge on any atom is -0.496 e. The normalized spacial score (nSPS) is 14.9. The molecule has 7 nitrogen and oxygen atoms in total. The Kier molecular flexibility index (Phi) is 7.96. The molecule has 4 rings (SSSR count). The summed E-state index contributed by atoms with van der Waals surface area (Å²) in [6.07, 6.45) is 2.24. The van der Waals surface area contributed by atoms with Crippen molar-refractivity contribution in [2.24, 2.45) is 0 Å². The smallest absolute Gasteiger partial charge is 0.261 e. The van der Waals surface area contributed by atoms with Crippen LogP contribution >= 0.6 is 0 Å². The molecule has 1 amide bonds. The van der Waals surface area contributed by atoms with Crippen molar-refractivity contribution >= 4 is 21.6 Å². The van der Waals surface area contributed by atoms with Crippen LogP contribution in [0.2, 0.25) is 0 Å². The van der Waals surface area contributed by atoms with Crippen LogP contribution in [0.5, 0.6) is 5.75 Å². The van der Waals surface area contributed by atoms with Crippen LogP contribution in [0.1, 0.15) is 45.9 Å². The van der Waals surface area contributed by atoms with Crippen molar-refractivity contribution in [3.63, 3.8) is 0 Å². The van der Waals surface area contributed by atoms with Gasteiger partial charge in [-0.15, -0.1) is 0 Å². The lowest BCUT2D eigenvalue weighted by atomic mass is 10.0. The number of ether oxygens (including phenoxy) is 1. The van der Waals surface area contributed by atoms with Crippen molar-refractivity contribution in [2.45, 2.75) is 37.6 Å². The first-order valence-corrected chi connectivity index (χ1v) is 13.6. The van der Waals surface area contributed by atoms with E-state index in [1.165, 1.54) is 12.1 Å². The summed E-state index contributed by atoms with van der Waals surface area (Å²) < 4.78 is 34.3. The summed E-state index contributed by atoms with van der Waals surface area (Å²) in [5, 5.41) is 3.05. The fourth-order valence-corrected chi connectivity index (χ4v) is 5.73. The van der Waals surface area contributed by atoms with E-state index in [1.54, 1.807) is 38.3 Å². The largest absolute Gasteiger partial charge is 0.496 e. The van der Waals surface area contributed by atoms with Gasteiger partial charge in [0.05, 0.1) is 18.0 Å². The van der Waals surface area contributed by atoms with E-state index < -0.39 is 10.0 Å². The first-order valence-electron chi connectivity index (χ1n) is 12.1. The zero-order valence-electron chi connectivity index (χ0n) is 21.0. The number of amides is 1. The monoisotopic (exact) mass is 507 g/mol.